The number of likely N-dealkylation sites (N-methyl/N-ethyl adjacent to an activating group) is 1. The molecule has 0 bridgehead atoms. The van der Waals surface area contributed by atoms with Crippen LogP contribution in [-0.4, -0.2) is 48.3 Å². The predicted octanol–water partition coefficient (Wildman–Crippen LogP) is 3.09. The second kappa shape index (κ2) is 8.52. The molecule has 23 heavy (non-hydrogen) atoms. The van der Waals surface area contributed by atoms with Crippen molar-refractivity contribution in [3.8, 4) is 0 Å². The van der Waals surface area contributed by atoms with Crippen LogP contribution in [-0.2, 0) is 0 Å². The highest BCUT2D eigenvalue weighted by Gasteiger charge is 2.35. The summed E-state index contributed by atoms with van der Waals surface area (Å²) in [5, 5.41) is 15.6. The van der Waals surface area contributed by atoms with Crippen molar-refractivity contribution < 1.29 is 9.90 Å². The highest BCUT2D eigenvalue weighted by Crippen LogP contribution is 2.32. The number of benzene rings is 1. The number of hydrogen-bond donors (Lipinski definition) is 3. The summed E-state index contributed by atoms with van der Waals surface area (Å²) in [6.45, 7) is 1.33. The number of β-amino-alcohol motifs (C(OH)–C–C–N with tert-alkyl or cyclic N) is 1. The Bertz CT molecular complexity index is 518. The van der Waals surface area contributed by atoms with Crippen molar-refractivity contribution in [2.24, 2.45) is 0 Å². The van der Waals surface area contributed by atoms with Gasteiger partial charge in [-0.05, 0) is 38.1 Å². The minimum Gasteiger partial charge on any atom is -0.395 e. The van der Waals surface area contributed by atoms with Gasteiger partial charge in [-0.25, -0.2) is 4.79 Å². The van der Waals surface area contributed by atoms with E-state index in [1.807, 2.05) is 7.05 Å². The van der Waals surface area contributed by atoms with Crippen molar-refractivity contribution in [2.75, 3.05) is 32.1 Å². The van der Waals surface area contributed by atoms with Gasteiger partial charge in [-0.15, -0.1) is 0 Å². The third kappa shape index (κ3) is 5.09. The number of halogens is 1. The number of rotatable bonds is 6. The van der Waals surface area contributed by atoms with Gasteiger partial charge in [0.15, 0.2) is 0 Å². The van der Waals surface area contributed by atoms with Gasteiger partial charge in [0.05, 0.1) is 6.61 Å². The van der Waals surface area contributed by atoms with E-state index in [9.17, 15) is 9.90 Å². The topological polar surface area (TPSA) is 64.6 Å². The van der Waals surface area contributed by atoms with Crippen LogP contribution < -0.4 is 10.6 Å². The van der Waals surface area contributed by atoms with E-state index in [2.05, 4.69) is 15.5 Å². The van der Waals surface area contributed by atoms with Gasteiger partial charge in [-0.3, -0.25) is 4.90 Å². The maximum absolute atomic E-state index is 12.2. The van der Waals surface area contributed by atoms with Gasteiger partial charge >= 0.3 is 6.03 Å². The first-order valence-electron chi connectivity index (χ1n) is 8.18. The molecular formula is C17H26ClN3O2. The van der Waals surface area contributed by atoms with Gasteiger partial charge in [0.2, 0.25) is 0 Å². The molecule has 6 heteroatoms. The smallest absolute Gasteiger partial charge is 0.319 e. The molecule has 0 radical (unpaired) electrons. The first-order chi connectivity index (χ1) is 11.1. The maximum Gasteiger partial charge on any atom is 0.319 e. The Morgan fingerprint density at radius 1 is 1.35 bits per heavy atom. The molecule has 1 aromatic rings. The Hall–Kier alpha value is -1.30. The highest BCUT2D eigenvalue weighted by atomic mass is 35.5. The second-order valence-corrected chi connectivity index (χ2v) is 6.68. The van der Waals surface area contributed by atoms with Crippen LogP contribution in [0.25, 0.3) is 0 Å². The van der Waals surface area contributed by atoms with Crippen LogP contribution in [0.3, 0.4) is 0 Å². The lowest BCUT2D eigenvalue weighted by Gasteiger charge is -2.44. The minimum atomic E-state index is -0.227. The Balaban J connectivity index is 1.93. The number of hydrogen-bond acceptors (Lipinski definition) is 3. The summed E-state index contributed by atoms with van der Waals surface area (Å²) in [7, 11) is 2.03. The monoisotopic (exact) mass is 339 g/mol. The number of aliphatic hydroxyl groups excluding tert-OH is 1. The molecule has 0 aliphatic heterocycles. The van der Waals surface area contributed by atoms with Crippen LogP contribution in [0, 0.1) is 0 Å². The zero-order chi connectivity index (χ0) is 16.7. The van der Waals surface area contributed by atoms with Crippen LogP contribution in [0.1, 0.15) is 32.1 Å². The van der Waals surface area contributed by atoms with E-state index in [-0.39, 0.29) is 18.2 Å². The van der Waals surface area contributed by atoms with Gasteiger partial charge in [-0.2, -0.15) is 0 Å². The van der Waals surface area contributed by atoms with E-state index >= 15 is 0 Å². The summed E-state index contributed by atoms with van der Waals surface area (Å²) in [6, 6.07) is 6.87. The average molecular weight is 340 g/mol. The Morgan fingerprint density at radius 3 is 2.74 bits per heavy atom. The summed E-state index contributed by atoms with van der Waals surface area (Å²) in [5.41, 5.74) is 0.614. The molecule has 128 valence electrons. The lowest BCUT2D eigenvalue weighted by atomic mass is 9.80. The Kier molecular flexibility index (Phi) is 6.69. The molecule has 1 aliphatic rings. The largest absolute Gasteiger partial charge is 0.395 e. The highest BCUT2D eigenvalue weighted by molar-refractivity contribution is 6.30. The van der Waals surface area contributed by atoms with Crippen molar-refractivity contribution in [2.45, 2.75) is 37.6 Å². The van der Waals surface area contributed by atoms with Gasteiger partial charge < -0.3 is 15.7 Å². The van der Waals surface area contributed by atoms with E-state index in [1.54, 1.807) is 24.3 Å². The van der Waals surface area contributed by atoms with E-state index in [1.165, 1.54) is 6.42 Å². The van der Waals surface area contributed by atoms with Crippen molar-refractivity contribution in [3.05, 3.63) is 29.3 Å². The van der Waals surface area contributed by atoms with Gasteiger partial charge in [0.1, 0.15) is 0 Å². The summed E-state index contributed by atoms with van der Waals surface area (Å²) < 4.78 is 0. The van der Waals surface area contributed by atoms with Crippen molar-refractivity contribution in [3.63, 3.8) is 0 Å². The molecule has 0 heterocycles. The summed E-state index contributed by atoms with van der Waals surface area (Å²) in [5.74, 6) is 0. The van der Waals surface area contributed by atoms with E-state index in [4.69, 9.17) is 11.6 Å². The zero-order valence-electron chi connectivity index (χ0n) is 13.6. The van der Waals surface area contributed by atoms with Crippen LogP contribution in [0.4, 0.5) is 10.5 Å². The fourth-order valence-electron chi connectivity index (χ4n) is 3.28. The van der Waals surface area contributed by atoms with E-state index in [0.29, 0.717) is 23.8 Å². The summed E-state index contributed by atoms with van der Waals surface area (Å²) >= 11 is 5.92. The number of nitrogens with one attached hydrogen (secondary N) is 2. The van der Waals surface area contributed by atoms with Gasteiger partial charge in [0.25, 0.3) is 0 Å². The quantitative estimate of drug-likeness (QED) is 0.746. The van der Waals surface area contributed by atoms with Crippen LogP contribution in [0.2, 0.25) is 5.02 Å². The van der Waals surface area contributed by atoms with Crippen molar-refractivity contribution >= 4 is 23.3 Å². The molecule has 0 aromatic heterocycles. The number of carbonyl (C=O) groups is 1. The number of carbonyl (C=O) groups excluding carboxylic acids is 1. The molecule has 1 fully saturated rings. The molecule has 0 unspecified atom stereocenters. The third-order valence-corrected chi connectivity index (χ3v) is 4.93. The minimum absolute atomic E-state index is 0.0628. The number of aliphatic hydroxyl groups is 1. The van der Waals surface area contributed by atoms with Crippen LogP contribution in [0.5, 0.6) is 0 Å². The molecule has 1 saturated carbocycles. The Labute approximate surface area is 143 Å². The van der Waals surface area contributed by atoms with Crippen LogP contribution >= 0.6 is 11.6 Å². The molecule has 2 amide bonds. The number of anilines is 1. The molecule has 5 nitrogen and oxygen atoms in total. The average Bonchev–Trinajstić information content (AvgIpc) is 2.54. The SMILES string of the molecule is CN(CCO)C1(CNC(=O)Nc2cccc(Cl)c2)CCCCC1. The van der Waals surface area contributed by atoms with Gasteiger partial charge in [-0.1, -0.05) is 36.9 Å². The third-order valence-electron chi connectivity index (χ3n) is 4.69. The first kappa shape index (κ1) is 18.0. The van der Waals surface area contributed by atoms with Crippen molar-refractivity contribution in [1.29, 1.82) is 0 Å². The normalized spacial score (nSPS) is 17.0. The van der Waals surface area contributed by atoms with Crippen molar-refractivity contribution in [1.82, 2.24) is 10.2 Å². The molecule has 1 aromatic carbocycles. The number of nitrogens with zero attached hydrogens (tertiary/aromatic N) is 1. The number of urea groups is 1. The molecule has 0 spiro atoms. The lowest BCUT2D eigenvalue weighted by molar-refractivity contribution is 0.0605. The first-order valence-corrected chi connectivity index (χ1v) is 8.56. The molecular weight excluding hydrogens is 314 g/mol. The molecule has 1 aliphatic carbocycles. The molecule has 0 atom stereocenters. The lowest BCUT2D eigenvalue weighted by Crippen LogP contribution is -2.56. The molecule has 2 rings (SSSR count). The molecule has 3 N–H and O–H groups in total. The maximum atomic E-state index is 12.2. The summed E-state index contributed by atoms with van der Waals surface area (Å²) in [4.78, 5) is 14.3. The Morgan fingerprint density at radius 2 is 2.09 bits per heavy atom. The fraction of sp³-hybridized carbons (Fsp3) is 0.588. The number of amides is 2. The van der Waals surface area contributed by atoms with E-state index in [0.717, 1.165) is 25.7 Å². The van der Waals surface area contributed by atoms with Crippen LogP contribution in [0.15, 0.2) is 24.3 Å². The summed E-state index contributed by atoms with van der Waals surface area (Å²) in [6.07, 6.45) is 5.64. The van der Waals surface area contributed by atoms with E-state index < -0.39 is 0 Å². The second-order valence-electron chi connectivity index (χ2n) is 6.25. The van der Waals surface area contributed by atoms with Gasteiger partial charge in [0, 0.05) is 29.3 Å². The fourth-order valence-corrected chi connectivity index (χ4v) is 3.47. The predicted molar refractivity (Wildman–Crippen MR) is 94.0 cm³/mol. The molecule has 0 saturated heterocycles. The zero-order valence-corrected chi connectivity index (χ0v) is 14.4. The standard InChI is InChI=1S/C17H26ClN3O2/c1-21(10-11-22)17(8-3-2-4-9-17)13-19-16(23)20-15-7-5-6-14(18)12-15/h5-7,12,22H,2-4,8-11,13H2,1H3,(H2,19,20,23).